The molecule has 0 aromatic rings. The zero-order chi connectivity index (χ0) is 10.9. The van der Waals surface area contributed by atoms with E-state index in [9.17, 15) is 0 Å². The molecular weight excluding hydrogens is 248 g/mol. The van der Waals surface area contributed by atoms with Gasteiger partial charge in [0.1, 0.15) is 0 Å². The third kappa shape index (κ3) is 69.7. The van der Waals surface area contributed by atoms with Crippen LogP contribution in [0, 0.1) is 0 Å². The fourth-order valence-corrected chi connectivity index (χ4v) is 0.447. The normalized spacial score (nSPS) is 7.46. The van der Waals surface area contributed by atoms with Gasteiger partial charge in [0.15, 0.2) is 0 Å². The number of hydrogen-bond acceptors (Lipinski definition) is 2. The molecule has 0 unspecified atom stereocenters. The summed E-state index contributed by atoms with van der Waals surface area (Å²) in [6.07, 6.45) is 0. The van der Waals surface area contributed by atoms with Gasteiger partial charge in [-0.2, -0.15) is 26.2 Å². The maximum absolute atomic E-state index is 4.48. The van der Waals surface area contributed by atoms with Gasteiger partial charge in [-0.1, -0.05) is 27.7 Å². The van der Waals surface area contributed by atoms with Crippen molar-refractivity contribution < 1.29 is 19.6 Å². The van der Waals surface area contributed by atoms with Gasteiger partial charge in [0, 0.05) is 0 Å². The van der Waals surface area contributed by atoms with Crippen molar-refractivity contribution >= 4 is 0 Å². The Hall–Kier alpha value is 0.368. The summed E-state index contributed by atoms with van der Waals surface area (Å²) < 4.78 is 3.01. The van der Waals surface area contributed by atoms with Crippen molar-refractivity contribution in [1.82, 2.24) is 0 Å². The Morgan fingerprint density at radius 2 is 1.08 bits per heavy atom. The van der Waals surface area contributed by atoms with Crippen LogP contribution in [-0.4, -0.2) is 26.2 Å². The van der Waals surface area contributed by atoms with Crippen LogP contribution in [0.1, 0.15) is 27.7 Å². The van der Waals surface area contributed by atoms with Crippen molar-refractivity contribution in [2.24, 2.45) is 9.45 Å². The van der Waals surface area contributed by atoms with Crippen LogP contribution in [0.2, 0.25) is 0 Å². The van der Waals surface area contributed by atoms with E-state index in [-0.39, 0.29) is 0 Å². The minimum absolute atomic E-state index is 0.969. The van der Waals surface area contributed by atoms with E-state index < -0.39 is 0 Å². The van der Waals surface area contributed by atoms with E-state index in [4.69, 9.17) is 0 Å². The molecule has 82 valence electrons. The first-order chi connectivity index (χ1) is 6.24. The van der Waals surface area contributed by atoms with Gasteiger partial charge >= 0.3 is 29.1 Å². The van der Waals surface area contributed by atoms with E-state index in [1.165, 1.54) is 19.6 Å². The standard InChI is InChI=1S/2C4H10N.Mo.H2N2/c2*1-3-5-4-2;;1-2/h2*3-4H2,1-2H3;;1H2/q2*-1;;. The molecule has 0 aliphatic rings. The summed E-state index contributed by atoms with van der Waals surface area (Å²) in [4.78, 5) is 0. The van der Waals surface area contributed by atoms with Crippen molar-refractivity contribution in [2.45, 2.75) is 27.7 Å². The monoisotopic (exact) mass is 272 g/mol. The molecule has 13 heavy (non-hydrogen) atoms. The Labute approximate surface area is 93.8 Å². The molecule has 0 amide bonds. The van der Waals surface area contributed by atoms with E-state index in [2.05, 4.69) is 20.1 Å². The summed E-state index contributed by atoms with van der Waals surface area (Å²) in [5.74, 6) is 4.48. The summed E-state index contributed by atoms with van der Waals surface area (Å²) in [7, 11) is 0. The van der Waals surface area contributed by atoms with E-state index in [0.29, 0.717) is 0 Å². The van der Waals surface area contributed by atoms with E-state index in [0.717, 1.165) is 26.2 Å². The molecule has 5 heteroatoms. The number of nitrogens with two attached hydrogens (primary N) is 1. The fourth-order valence-electron chi connectivity index (χ4n) is 0.447. The predicted molar refractivity (Wildman–Crippen MR) is 55.5 cm³/mol. The average molecular weight is 270 g/mol. The van der Waals surface area contributed by atoms with E-state index in [1.54, 1.807) is 0 Å². The molecule has 0 bridgehead atoms. The van der Waals surface area contributed by atoms with Crippen LogP contribution in [0.15, 0.2) is 3.60 Å². The molecular formula is C8H22MoN4-2. The Morgan fingerprint density at radius 3 is 1.08 bits per heavy atom. The molecule has 0 aliphatic heterocycles. The van der Waals surface area contributed by atoms with E-state index >= 15 is 0 Å². The summed E-state index contributed by atoms with van der Waals surface area (Å²) in [5.41, 5.74) is 0. The third-order valence-electron chi connectivity index (χ3n) is 0.894. The Kier molecular flexibility index (Phi) is 43.1. The van der Waals surface area contributed by atoms with E-state index in [1.807, 2.05) is 27.7 Å². The molecule has 0 spiro atoms. The molecule has 2 N–H and O–H groups in total. The van der Waals surface area contributed by atoms with Crippen LogP contribution in [0.5, 0.6) is 0 Å². The quantitative estimate of drug-likeness (QED) is 0.475. The topological polar surface area (TPSA) is 66.6 Å². The molecule has 0 radical (unpaired) electrons. The van der Waals surface area contributed by atoms with Crippen LogP contribution in [0.3, 0.4) is 0 Å². The van der Waals surface area contributed by atoms with Gasteiger partial charge in [-0.15, -0.1) is 0 Å². The van der Waals surface area contributed by atoms with Crippen molar-refractivity contribution in [2.75, 3.05) is 26.2 Å². The van der Waals surface area contributed by atoms with Gasteiger partial charge in [-0.05, 0) is 0 Å². The summed E-state index contributed by atoms with van der Waals surface area (Å²) in [6, 6.07) is 0. The predicted octanol–water partition coefficient (Wildman–Crippen LogP) is 2.39. The van der Waals surface area contributed by atoms with Gasteiger partial charge in [0.05, 0.1) is 0 Å². The first-order valence-electron chi connectivity index (χ1n) is 4.53. The van der Waals surface area contributed by atoms with Gasteiger partial charge in [-0.3, -0.25) is 0 Å². The van der Waals surface area contributed by atoms with Crippen LogP contribution in [-0.2, 0) is 19.6 Å². The number of rotatable bonds is 4. The minimum atomic E-state index is 0.969. The van der Waals surface area contributed by atoms with Crippen molar-refractivity contribution in [1.29, 1.82) is 0 Å². The molecule has 0 aromatic heterocycles. The zero-order valence-corrected chi connectivity index (χ0v) is 11.2. The third-order valence-corrected chi connectivity index (χ3v) is 0.894. The van der Waals surface area contributed by atoms with Crippen molar-refractivity contribution in [3.05, 3.63) is 10.6 Å². The molecule has 0 aromatic carbocycles. The van der Waals surface area contributed by atoms with Crippen LogP contribution in [0.25, 0.3) is 10.6 Å². The van der Waals surface area contributed by atoms with Crippen LogP contribution in [0.4, 0.5) is 0 Å². The van der Waals surface area contributed by atoms with Gasteiger partial charge < -0.3 is 10.6 Å². The van der Waals surface area contributed by atoms with Gasteiger partial charge in [0.25, 0.3) is 0 Å². The molecule has 4 nitrogen and oxygen atoms in total. The Morgan fingerprint density at radius 1 is 0.923 bits per heavy atom. The average Bonchev–Trinajstić information content (AvgIpc) is 2.09. The summed E-state index contributed by atoms with van der Waals surface area (Å²) in [6.45, 7) is 12.1. The zero-order valence-electron chi connectivity index (χ0n) is 9.16. The molecule has 0 atom stereocenters. The molecule has 0 rings (SSSR count). The maximum atomic E-state index is 4.48. The van der Waals surface area contributed by atoms with Gasteiger partial charge in [0.2, 0.25) is 0 Å². The fraction of sp³-hybridized carbons (Fsp3) is 1.00. The molecule has 0 saturated carbocycles. The second-order valence-corrected chi connectivity index (χ2v) is 2.34. The summed E-state index contributed by atoms with van der Waals surface area (Å²) >= 11 is 1.47. The Balaban J connectivity index is -0.000000120. The Bertz CT molecular complexity index is 61.2. The van der Waals surface area contributed by atoms with Gasteiger partial charge in [-0.25, -0.2) is 0 Å². The first-order valence-corrected chi connectivity index (χ1v) is 5.43. The number of nitrogens with zero attached hydrogens (tertiary/aromatic N) is 3. The van der Waals surface area contributed by atoms with Crippen LogP contribution < -0.4 is 5.84 Å². The van der Waals surface area contributed by atoms with Crippen LogP contribution >= 0.6 is 0 Å². The second kappa shape index (κ2) is 29.4. The molecule has 0 saturated heterocycles. The van der Waals surface area contributed by atoms with Crippen molar-refractivity contribution in [3.63, 3.8) is 0 Å². The first kappa shape index (κ1) is 19.0. The molecule has 0 heterocycles. The van der Waals surface area contributed by atoms with Crippen molar-refractivity contribution in [3.8, 4) is 0 Å². The number of hydrogen-bond donors (Lipinski definition) is 1. The summed E-state index contributed by atoms with van der Waals surface area (Å²) in [5, 5.41) is 7.94. The molecule has 0 fully saturated rings. The molecule has 0 aliphatic carbocycles. The second-order valence-electron chi connectivity index (χ2n) is 1.82. The SMILES string of the molecule is CC[N-]CC.CC[N-]CC.N[N]=[Mo].